The number of hydrogen-bond donors (Lipinski definition) is 2. The summed E-state index contributed by atoms with van der Waals surface area (Å²) in [4.78, 5) is 28.1. The third kappa shape index (κ3) is 2.59. The van der Waals surface area contributed by atoms with Gasteiger partial charge in [-0.25, -0.2) is 9.67 Å². The van der Waals surface area contributed by atoms with Crippen LogP contribution in [0.15, 0.2) is 24.4 Å². The second-order valence-corrected chi connectivity index (χ2v) is 7.22. The van der Waals surface area contributed by atoms with Crippen LogP contribution in [0.3, 0.4) is 0 Å². The number of carboxylic acids is 1. The van der Waals surface area contributed by atoms with Crippen LogP contribution in [0.4, 0.5) is 0 Å². The molecule has 2 aliphatic carbocycles. The average Bonchev–Trinajstić information content (AvgIpc) is 2.98. The van der Waals surface area contributed by atoms with E-state index in [9.17, 15) is 14.7 Å². The van der Waals surface area contributed by atoms with Gasteiger partial charge in [0.2, 0.25) is 0 Å². The minimum absolute atomic E-state index is 0.0713. The summed E-state index contributed by atoms with van der Waals surface area (Å²) in [6.07, 6.45) is 3.54. The first kappa shape index (κ1) is 15.8. The van der Waals surface area contributed by atoms with Crippen molar-refractivity contribution in [3.05, 3.63) is 41.3 Å². The number of aliphatic carboxylic acids is 1. The van der Waals surface area contributed by atoms with Crippen LogP contribution in [-0.4, -0.2) is 37.8 Å². The summed E-state index contributed by atoms with van der Waals surface area (Å²) in [5, 5.41) is 16.6. The second kappa shape index (κ2) is 5.40. The number of carbonyl (C=O) groups excluding carboxylic acids is 1. The lowest BCUT2D eigenvalue weighted by Crippen LogP contribution is -2.35. The lowest BCUT2D eigenvalue weighted by atomic mass is 10.0. The fourth-order valence-corrected chi connectivity index (χ4v) is 4.04. The van der Waals surface area contributed by atoms with Gasteiger partial charge in [-0.1, -0.05) is 0 Å². The topological polar surface area (TPSA) is 97.1 Å². The number of nitrogens with one attached hydrogen (secondary N) is 1. The molecular formula is C18H20N4O3. The van der Waals surface area contributed by atoms with E-state index in [1.54, 1.807) is 16.8 Å². The number of pyridine rings is 1. The molecule has 0 aliphatic heterocycles. The van der Waals surface area contributed by atoms with Crippen LogP contribution in [0.25, 0.3) is 5.82 Å². The molecule has 2 fully saturated rings. The Hall–Kier alpha value is -2.70. The van der Waals surface area contributed by atoms with Crippen molar-refractivity contribution in [2.75, 3.05) is 0 Å². The van der Waals surface area contributed by atoms with Gasteiger partial charge in [-0.2, -0.15) is 5.10 Å². The molecule has 4 rings (SSSR count). The van der Waals surface area contributed by atoms with Gasteiger partial charge in [0.15, 0.2) is 5.82 Å². The fourth-order valence-electron chi connectivity index (χ4n) is 4.04. The molecule has 130 valence electrons. The summed E-state index contributed by atoms with van der Waals surface area (Å²) in [6, 6.07) is 5.38. The Kier molecular flexibility index (Phi) is 3.42. The van der Waals surface area contributed by atoms with Crippen LogP contribution in [-0.2, 0) is 4.79 Å². The Bertz CT molecular complexity index is 858. The molecule has 3 atom stereocenters. The standard InChI is InChI=1S/C18H20N4O3/c1-10-5-11(2)22(21-10)15-4-3-12(9-19-15)16(23)20-14-6-13-7-18(13,8-14)17(24)25/h3-5,9,13-14H,6-8H2,1-2H3,(H,20,23)(H,24,25)/t13-,14+,18+/m0/s1. The minimum Gasteiger partial charge on any atom is -0.481 e. The lowest BCUT2D eigenvalue weighted by Gasteiger charge is -2.16. The molecule has 0 bridgehead atoms. The number of aromatic nitrogens is 3. The molecule has 1 amide bonds. The van der Waals surface area contributed by atoms with Gasteiger partial charge in [0.05, 0.1) is 16.7 Å². The molecule has 2 heterocycles. The predicted octanol–water partition coefficient (Wildman–Crippen LogP) is 1.87. The van der Waals surface area contributed by atoms with Crippen molar-refractivity contribution in [3.63, 3.8) is 0 Å². The number of amides is 1. The van der Waals surface area contributed by atoms with Crippen LogP contribution >= 0.6 is 0 Å². The number of aryl methyl sites for hydroxylation is 2. The third-order valence-corrected chi connectivity index (χ3v) is 5.41. The molecule has 2 saturated carbocycles. The largest absolute Gasteiger partial charge is 0.481 e. The minimum atomic E-state index is -0.731. The number of rotatable bonds is 4. The first-order valence-corrected chi connectivity index (χ1v) is 8.43. The Morgan fingerprint density at radius 1 is 1.32 bits per heavy atom. The number of hydrogen-bond acceptors (Lipinski definition) is 4. The van der Waals surface area contributed by atoms with E-state index < -0.39 is 11.4 Å². The van der Waals surface area contributed by atoms with Crippen molar-refractivity contribution in [2.24, 2.45) is 11.3 Å². The maximum absolute atomic E-state index is 12.4. The molecule has 0 aromatic carbocycles. The van der Waals surface area contributed by atoms with E-state index in [4.69, 9.17) is 0 Å². The molecule has 2 aliphatic rings. The zero-order valence-corrected chi connectivity index (χ0v) is 14.2. The molecule has 2 N–H and O–H groups in total. The molecule has 2 aromatic heterocycles. The number of carboxylic acid groups (broad SMARTS) is 1. The van der Waals surface area contributed by atoms with E-state index in [-0.39, 0.29) is 17.9 Å². The highest BCUT2D eigenvalue weighted by Gasteiger charge is 2.65. The SMILES string of the molecule is Cc1cc(C)n(-c2ccc(C(=O)N[C@@H]3C[C@H]4C[C@@]4(C(=O)O)C3)cn2)n1. The summed E-state index contributed by atoms with van der Waals surface area (Å²) >= 11 is 0. The molecule has 25 heavy (non-hydrogen) atoms. The van der Waals surface area contributed by atoms with Crippen molar-refractivity contribution >= 4 is 11.9 Å². The molecule has 0 spiro atoms. The zero-order valence-electron chi connectivity index (χ0n) is 14.2. The van der Waals surface area contributed by atoms with Gasteiger partial charge in [-0.15, -0.1) is 0 Å². The van der Waals surface area contributed by atoms with Gasteiger partial charge in [0.25, 0.3) is 5.91 Å². The third-order valence-electron chi connectivity index (χ3n) is 5.41. The van der Waals surface area contributed by atoms with Crippen LogP contribution in [0.2, 0.25) is 0 Å². The lowest BCUT2D eigenvalue weighted by molar-refractivity contribution is -0.143. The average molecular weight is 340 g/mol. The Balaban J connectivity index is 1.43. The monoisotopic (exact) mass is 340 g/mol. The maximum atomic E-state index is 12.4. The summed E-state index contributed by atoms with van der Waals surface area (Å²) in [6.45, 7) is 3.87. The van der Waals surface area contributed by atoms with Gasteiger partial charge >= 0.3 is 5.97 Å². The Morgan fingerprint density at radius 2 is 2.12 bits per heavy atom. The van der Waals surface area contributed by atoms with Crippen LogP contribution in [0.5, 0.6) is 0 Å². The van der Waals surface area contributed by atoms with Gasteiger partial charge in [0, 0.05) is 17.9 Å². The molecule has 2 aromatic rings. The summed E-state index contributed by atoms with van der Waals surface area (Å²) in [5.74, 6) is -0.0691. The van der Waals surface area contributed by atoms with Crippen LogP contribution < -0.4 is 5.32 Å². The normalized spacial score (nSPS) is 27.0. The van der Waals surface area contributed by atoms with Crippen LogP contribution in [0.1, 0.15) is 41.0 Å². The highest BCUT2D eigenvalue weighted by molar-refractivity contribution is 5.94. The van der Waals surface area contributed by atoms with Crippen LogP contribution in [0, 0.1) is 25.2 Å². The Morgan fingerprint density at radius 3 is 2.68 bits per heavy atom. The summed E-state index contributed by atoms with van der Waals surface area (Å²) in [5.41, 5.74) is 1.77. The number of carbonyl (C=O) groups is 2. The van der Waals surface area contributed by atoms with Crippen molar-refractivity contribution in [2.45, 2.75) is 39.2 Å². The van der Waals surface area contributed by atoms with E-state index in [0.717, 1.165) is 24.2 Å². The molecule has 0 unspecified atom stereocenters. The molecule has 0 saturated heterocycles. The number of nitrogens with zero attached hydrogens (tertiary/aromatic N) is 3. The number of fused-ring (bicyclic) bond motifs is 1. The Labute approximate surface area is 145 Å². The predicted molar refractivity (Wildman–Crippen MR) is 89.5 cm³/mol. The smallest absolute Gasteiger partial charge is 0.310 e. The fraction of sp³-hybridized carbons (Fsp3) is 0.444. The van der Waals surface area contributed by atoms with E-state index in [1.807, 2.05) is 19.9 Å². The first-order valence-electron chi connectivity index (χ1n) is 8.43. The molecule has 0 radical (unpaired) electrons. The van der Waals surface area contributed by atoms with Crippen molar-refractivity contribution in [1.29, 1.82) is 0 Å². The molecule has 7 heteroatoms. The highest BCUT2D eigenvalue weighted by Crippen LogP contribution is 2.63. The molecule has 7 nitrogen and oxygen atoms in total. The van der Waals surface area contributed by atoms with Crippen molar-refractivity contribution < 1.29 is 14.7 Å². The van der Waals surface area contributed by atoms with Crippen molar-refractivity contribution in [1.82, 2.24) is 20.1 Å². The first-order chi connectivity index (χ1) is 11.9. The van der Waals surface area contributed by atoms with Crippen molar-refractivity contribution in [3.8, 4) is 5.82 Å². The van der Waals surface area contributed by atoms with E-state index >= 15 is 0 Å². The maximum Gasteiger partial charge on any atom is 0.310 e. The summed E-state index contributed by atoms with van der Waals surface area (Å²) < 4.78 is 1.73. The second-order valence-electron chi connectivity index (χ2n) is 7.22. The quantitative estimate of drug-likeness (QED) is 0.885. The zero-order chi connectivity index (χ0) is 17.8. The highest BCUT2D eigenvalue weighted by atomic mass is 16.4. The van der Waals surface area contributed by atoms with E-state index in [0.29, 0.717) is 17.8 Å². The van der Waals surface area contributed by atoms with E-state index in [1.165, 1.54) is 6.20 Å². The van der Waals surface area contributed by atoms with Gasteiger partial charge < -0.3 is 10.4 Å². The van der Waals surface area contributed by atoms with Gasteiger partial charge in [-0.05, 0) is 57.2 Å². The van der Waals surface area contributed by atoms with Gasteiger partial charge in [-0.3, -0.25) is 9.59 Å². The van der Waals surface area contributed by atoms with E-state index in [2.05, 4.69) is 15.4 Å². The molecular weight excluding hydrogens is 320 g/mol. The summed E-state index contributed by atoms with van der Waals surface area (Å²) in [7, 11) is 0. The van der Waals surface area contributed by atoms with Gasteiger partial charge in [0.1, 0.15) is 0 Å².